The Kier molecular flexibility index (Phi) is 5.45. The Labute approximate surface area is 108 Å². The molecule has 0 aliphatic carbocycles. The predicted octanol–water partition coefficient (Wildman–Crippen LogP) is 1.05. The Morgan fingerprint density at radius 1 is 1.39 bits per heavy atom. The van der Waals surface area contributed by atoms with Crippen LogP contribution in [-0.4, -0.2) is 42.1 Å². The van der Waals surface area contributed by atoms with Crippen molar-refractivity contribution in [2.75, 3.05) is 31.9 Å². The number of nitrogen functional groups attached to an aromatic ring is 1. The van der Waals surface area contributed by atoms with Gasteiger partial charge < -0.3 is 21.1 Å². The van der Waals surface area contributed by atoms with Crippen LogP contribution in [-0.2, 0) is 0 Å². The highest BCUT2D eigenvalue weighted by Crippen LogP contribution is 2.19. The second-order valence-electron chi connectivity index (χ2n) is 4.06. The number of nitrogens with two attached hydrogens (primary N) is 1. The molecule has 5 heteroatoms. The largest absolute Gasteiger partial charge is 0.507 e. The highest BCUT2D eigenvalue weighted by molar-refractivity contribution is 5.97. The van der Waals surface area contributed by atoms with Crippen LogP contribution in [0.1, 0.15) is 24.2 Å². The molecule has 0 atom stereocenters. The predicted molar refractivity (Wildman–Crippen MR) is 72.6 cm³/mol. The van der Waals surface area contributed by atoms with E-state index in [0.717, 1.165) is 19.6 Å². The Morgan fingerprint density at radius 2 is 2.06 bits per heavy atom. The van der Waals surface area contributed by atoms with E-state index in [-0.39, 0.29) is 17.2 Å². The van der Waals surface area contributed by atoms with Crippen LogP contribution in [0.2, 0.25) is 0 Å². The molecule has 0 heterocycles. The van der Waals surface area contributed by atoms with Crippen molar-refractivity contribution in [2.45, 2.75) is 13.8 Å². The molecule has 0 bridgehead atoms. The van der Waals surface area contributed by atoms with Gasteiger partial charge in [-0.15, -0.1) is 0 Å². The first-order chi connectivity index (χ1) is 8.58. The summed E-state index contributed by atoms with van der Waals surface area (Å²) in [6, 6.07) is 4.50. The molecule has 0 saturated carbocycles. The van der Waals surface area contributed by atoms with Gasteiger partial charge in [-0.05, 0) is 25.2 Å². The molecule has 0 spiro atoms. The molecular weight excluding hydrogens is 230 g/mol. The number of phenolic OH excluding ortho intramolecular Hbond substituents is 1. The molecule has 0 aromatic heterocycles. The molecule has 0 aliphatic rings. The fraction of sp³-hybridized carbons (Fsp3) is 0.462. The quantitative estimate of drug-likeness (QED) is 0.660. The number of carbonyl (C=O) groups excluding carboxylic acids is 1. The van der Waals surface area contributed by atoms with Gasteiger partial charge in [0.2, 0.25) is 0 Å². The van der Waals surface area contributed by atoms with E-state index in [9.17, 15) is 9.90 Å². The first-order valence-corrected chi connectivity index (χ1v) is 6.17. The number of carbonyl (C=O) groups is 1. The first-order valence-electron chi connectivity index (χ1n) is 6.17. The number of nitrogens with one attached hydrogen (secondary N) is 1. The zero-order chi connectivity index (χ0) is 13.5. The third kappa shape index (κ3) is 3.92. The molecule has 100 valence electrons. The third-order valence-corrected chi connectivity index (χ3v) is 2.87. The summed E-state index contributed by atoms with van der Waals surface area (Å²) < 4.78 is 0. The number of likely N-dealkylation sites (N-methyl/N-ethyl adjacent to an activating group) is 1. The van der Waals surface area contributed by atoms with Crippen molar-refractivity contribution in [1.82, 2.24) is 10.2 Å². The van der Waals surface area contributed by atoms with Crippen molar-refractivity contribution < 1.29 is 9.90 Å². The number of phenols is 1. The Balaban J connectivity index is 2.50. The molecule has 0 radical (unpaired) electrons. The number of benzene rings is 1. The lowest BCUT2D eigenvalue weighted by molar-refractivity contribution is 0.0946. The van der Waals surface area contributed by atoms with Crippen LogP contribution >= 0.6 is 0 Å². The van der Waals surface area contributed by atoms with Crippen molar-refractivity contribution in [3.05, 3.63) is 23.8 Å². The summed E-state index contributed by atoms with van der Waals surface area (Å²) in [6.07, 6.45) is 0. The van der Waals surface area contributed by atoms with Crippen LogP contribution in [0.5, 0.6) is 5.75 Å². The maximum atomic E-state index is 11.8. The average Bonchev–Trinajstić information content (AvgIpc) is 2.34. The fourth-order valence-corrected chi connectivity index (χ4v) is 1.70. The minimum absolute atomic E-state index is 0.0876. The van der Waals surface area contributed by atoms with E-state index >= 15 is 0 Å². The fourth-order valence-electron chi connectivity index (χ4n) is 1.70. The monoisotopic (exact) mass is 251 g/mol. The SMILES string of the molecule is CCN(CC)CCNC(=O)c1ccc(N)cc1O. The lowest BCUT2D eigenvalue weighted by atomic mass is 10.1. The molecule has 0 fully saturated rings. The van der Waals surface area contributed by atoms with E-state index in [4.69, 9.17) is 5.73 Å². The van der Waals surface area contributed by atoms with E-state index in [2.05, 4.69) is 24.1 Å². The standard InChI is InChI=1S/C13H21N3O2/c1-3-16(4-2)8-7-15-13(18)11-6-5-10(14)9-12(11)17/h5-6,9,17H,3-4,7-8,14H2,1-2H3,(H,15,18). The summed E-state index contributed by atoms with van der Waals surface area (Å²) in [5.74, 6) is -0.366. The molecule has 1 aromatic carbocycles. The molecule has 0 aliphatic heterocycles. The number of nitrogens with zero attached hydrogens (tertiary/aromatic N) is 1. The van der Waals surface area contributed by atoms with Crippen molar-refractivity contribution in [2.24, 2.45) is 0 Å². The second-order valence-corrected chi connectivity index (χ2v) is 4.06. The number of hydrogen-bond donors (Lipinski definition) is 3. The molecule has 1 amide bonds. The van der Waals surface area contributed by atoms with Gasteiger partial charge in [0.15, 0.2) is 0 Å². The van der Waals surface area contributed by atoms with Gasteiger partial charge in [0.1, 0.15) is 5.75 Å². The molecule has 0 saturated heterocycles. The maximum Gasteiger partial charge on any atom is 0.255 e. The van der Waals surface area contributed by atoms with Gasteiger partial charge in [-0.1, -0.05) is 13.8 Å². The van der Waals surface area contributed by atoms with Gasteiger partial charge in [-0.2, -0.15) is 0 Å². The lowest BCUT2D eigenvalue weighted by Gasteiger charge is -2.18. The number of hydrogen-bond acceptors (Lipinski definition) is 4. The third-order valence-electron chi connectivity index (χ3n) is 2.87. The summed E-state index contributed by atoms with van der Waals surface area (Å²) in [5, 5.41) is 12.4. The van der Waals surface area contributed by atoms with Crippen LogP contribution in [0.25, 0.3) is 0 Å². The van der Waals surface area contributed by atoms with Gasteiger partial charge in [-0.3, -0.25) is 4.79 Å². The summed E-state index contributed by atoms with van der Waals surface area (Å²) in [6.45, 7) is 7.44. The van der Waals surface area contributed by atoms with Crippen LogP contribution < -0.4 is 11.1 Å². The van der Waals surface area contributed by atoms with E-state index in [1.807, 2.05) is 0 Å². The zero-order valence-corrected chi connectivity index (χ0v) is 10.9. The summed E-state index contributed by atoms with van der Waals surface area (Å²) >= 11 is 0. The highest BCUT2D eigenvalue weighted by Gasteiger charge is 2.10. The zero-order valence-electron chi connectivity index (χ0n) is 10.9. The molecule has 1 rings (SSSR count). The molecule has 1 aromatic rings. The number of anilines is 1. The smallest absolute Gasteiger partial charge is 0.255 e. The van der Waals surface area contributed by atoms with Gasteiger partial charge in [-0.25, -0.2) is 0 Å². The molecule has 18 heavy (non-hydrogen) atoms. The number of aromatic hydroxyl groups is 1. The van der Waals surface area contributed by atoms with Crippen LogP contribution in [0, 0.1) is 0 Å². The van der Waals surface area contributed by atoms with E-state index in [1.165, 1.54) is 12.1 Å². The Morgan fingerprint density at radius 3 is 2.61 bits per heavy atom. The van der Waals surface area contributed by atoms with E-state index in [1.54, 1.807) is 6.07 Å². The van der Waals surface area contributed by atoms with Gasteiger partial charge >= 0.3 is 0 Å². The van der Waals surface area contributed by atoms with Crippen molar-refractivity contribution >= 4 is 11.6 Å². The average molecular weight is 251 g/mol. The molecule has 0 unspecified atom stereocenters. The van der Waals surface area contributed by atoms with Crippen molar-refractivity contribution in [3.63, 3.8) is 0 Å². The normalized spacial score (nSPS) is 10.6. The van der Waals surface area contributed by atoms with Gasteiger partial charge in [0.05, 0.1) is 5.56 Å². The minimum atomic E-state index is -0.278. The Bertz CT molecular complexity index is 403. The maximum absolute atomic E-state index is 11.8. The van der Waals surface area contributed by atoms with Crippen LogP contribution in [0.15, 0.2) is 18.2 Å². The summed E-state index contributed by atoms with van der Waals surface area (Å²) in [5.41, 5.74) is 6.20. The van der Waals surface area contributed by atoms with E-state index < -0.39 is 0 Å². The van der Waals surface area contributed by atoms with Crippen molar-refractivity contribution in [1.29, 1.82) is 0 Å². The Hall–Kier alpha value is -1.75. The summed E-state index contributed by atoms with van der Waals surface area (Å²) in [4.78, 5) is 14.0. The lowest BCUT2D eigenvalue weighted by Crippen LogP contribution is -2.34. The minimum Gasteiger partial charge on any atom is -0.507 e. The number of amides is 1. The van der Waals surface area contributed by atoms with Crippen molar-refractivity contribution in [3.8, 4) is 5.75 Å². The second kappa shape index (κ2) is 6.86. The first kappa shape index (κ1) is 14.3. The van der Waals surface area contributed by atoms with Gasteiger partial charge in [0.25, 0.3) is 5.91 Å². The molecule has 5 nitrogen and oxygen atoms in total. The van der Waals surface area contributed by atoms with E-state index in [0.29, 0.717) is 12.2 Å². The van der Waals surface area contributed by atoms with Crippen LogP contribution in [0.3, 0.4) is 0 Å². The number of rotatable bonds is 6. The molecule has 4 N–H and O–H groups in total. The van der Waals surface area contributed by atoms with Gasteiger partial charge in [0, 0.05) is 24.8 Å². The highest BCUT2D eigenvalue weighted by atomic mass is 16.3. The molecular formula is C13H21N3O2. The topological polar surface area (TPSA) is 78.6 Å². The summed E-state index contributed by atoms with van der Waals surface area (Å²) in [7, 11) is 0. The van der Waals surface area contributed by atoms with Crippen LogP contribution in [0.4, 0.5) is 5.69 Å².